The molecule has 0 fully saturated rings. The van der Waals surface area contributed by atoms with E-state index in [9.17, 15) is 0 Å². The number of rotatable bonds is 0. The Kier molecular flexibility index (Phi) is 22.3. The molecule has 0 aromatic heterocycles. The third-order valence-electron chi connectivity index (χ3n) is 0. The topological polar surface area (TPSA) is 0 Å². The van der Waals surface area contributed by atoms with Crippen molar-refractivity contribution in [1.82, 2.24) is 0 Å². The smallest absolute Gasteiger partial charge is 0 e. The summed E-state index contributed by atoms with van der Waals surface area (Å²) >= 11 is 0.0417. The summed E-state index contributed by atoms with van der Waals surface area (Å²) in [6.45, 7) is 0. The summed E-state index contributed by atoms with van der Waals surface area (Å²) in [6.07, 6.45) is 0. The van der Waals surface area contributed by atoms with Gasteiger partial charge in [0.05, 0.1) is 0 Å². The third-order valence-corrected chi connectivity index (χ3v) is 0. The molecule has 0 aromatic carbocycles. The molecule has 19 valence electrons. The fraction of sp³-hybridized carbons (Fsp3) is 0. The van der Waals surface area contributed by atoms with Crippen LogP contribution in [0.3, 0.4) is 0 Å². The first kappa shape index (κ1) is 9.78. The van der Waals surface area contributed by atoms with Gasteiger partial charge in [-0.25, -0.2) is 0 Å². The second-order valence-electron chi connectivity index (χ2n) is 0.0680. The molecule has 0 aliphatic heterocycles. The van der Waals surface area contributed by atoms with Crippen LogP contribution in [0.4, 0.5) is 0 Å². The first-order valence-electron chi connectivity index (χ1n) is 0.333. The molecule has 4 heteroatoms. The standard InChI is InChI=1S/K.S2Se/c;1-3-2. The zero-order valence-electron chi connectivity index (χ0n) is 2.22. The van der Waals surface area contributed by atoms with Gasteiger partial charge in [0.2, 0.25) is 0 Å². The van der Waals surface area contributed by atoms with Crippen molar-refractivity contribution >= 4 is 84.2 Å². The van der Waals surface area contributed by atoms with Crippen molar-refractivity contribution in [3.63, 3.8) is 0 Å². The zero-order chi connectivity index (χ0) is 2.71. The second-order valence-corrected chi connectivity index (χ2v) is 3.18. The van der Waals surface area contributed by atoms with Crippen molar-refractivity contribution < 1.29 is 0 Å². The van der Waals surface area contributed by atoms with E-state index in [1.165, 1.54) is 0 Å². The van der Waals surface area contributed by atoms with Crippen LogP contribution in [0.5, 0.6) is 0 Å². The van der Waals surface area contributed by atoms with Crippen LogP contribution >= 0.6 is 21.1 Å². The van der Waals surface area contributed by atoms with Crippen LogP contribution in [-0.2, 0) is 0 Å². The summed E-state index contributed by atoms with van der Waals surface area (Å²) in [5.74, 6) is 0. The van der Waals surface area contributed by atoms with E-state index >= 15 is 0 Å². The van der Waals surface area contributed by atoms with Crippen LogP contribution in [0.25, 0.3) is 0 Å². The van der Waals surface area contributed by atoms with Gasteiger partial charge in [-0.3, -0.25) is 0 Å². The van der Waals surface area contributed by atoms with Crippen molar-refractivity contribution in [3.8, 4) is 0 Å². The van der Waals surface area contributed by atoms with E-state index in [0.717, 1.165) is 0 Å². The molecule has 0 nitrogen and oxygen atoms in total. The molecular formula is KS2Se. The molecule has 0 heterocycles. The minimum absolute atomic E-state index is 0. The van der Waals surface area contributed by atoms with Gasteiger partial charge in [0.25, 0.3) is 0 Å². The Morgan fingerprint density at radius 2 is 1.25 bits per heavy atom. The Balaban J connectivity index is 0. The monoisotopic (exact) mass is 183 g/mol. The first-order valence-corrected chi connectivity index (χ1v) is 5.20. The Morgan fingerprint density at radius 3 is 1.25 bits per heavy atom. The Bertz CT molecular complexity index is 27.0. The maximum atomic E-state index is 4.27. The molecule has 0 saturated heterocycles. The molecular weight excluding hydrogens is 182 g/mol. The quantitative estimate of drug-likeness (QED) is 0.501. The predicted molar refractivity (Wildman–Crippen MR) is 26.7 cm³/mol. The Hall–Kier alpha value is 2.60. The molecule has 0 aromatic rings. The van der Waals surface area contributed by atoms with Crippen LogP contribution in [0.15, 0.2) is 0 Å². The zero-order valence-corrected chi connectivity index (χ0v) is 8.69. The van der Waals surface area contributed by atoms with Gasteiger partial charge in [-0.05, 0) is 0 Å². The predicted octanol–water partition coefficient (Wildman–Crippen LogP) is 0.535. The summed E-state index contributed by atoms with van der Waals surface area (Å²) in [6, 6.07) is 0. The molecule has 0 aliphatic carbocycles. The molecule has 0 unspecified atom stereocenters. The SMILES string of the molecule is S=[Se]=S.[K]. The van der Waals surface area contributed by atoms with E-state index in [-0.39, 0.29) is 63.1 Å². The summed E-state index contributed by atoms with van der Waals surface area (Å²) < 4.78 is 0. The largest absolute Gasteiger partial charge is 0 e. The van der Waals surface area contributed by atoms with E-state index in [4.69, 9.17) is 0 Å². The Morgan fingerprint density at radius 1 is 1.25 bits per heavy atom. The summed E-state index contributed by atoms with van der Waals surface area (Å²) in [5.41, 5.74) is 0. The van der Waals surface area contributed by atoms with E-state index in [0.29, 0.717) is 0 Å². The second kappa shape index (κ2) is 9.14. The first-order chi connectivity index (χ1) is 1.41. The van der Waals surface area contributed by atoms with Gasteiger partial charge in [-0.15, -0.1) is 0 Å². The van der Waals surface area contributed by atoms with Crippen LogP contribution < -0.4 is 0 Å². The molecule has 0 N–H and O–H groups in total. The van der Waals surface area contributed by atoms with Crippen molar-refractivity contribution in [1.29, 1.82) is 0 Å². The van der Waals surface area contributed by atoms with Crippen LogP contribution in [0.1, 0.15) is 0 Å². The van der Waals surface area contributed by atoms with E-state index in [2.05, 4.69) is 21.1 Å². The van der Waals surface area contributed by atoms with E-state index in [1.54, 1.807) is 0 Å². The van der Waals surface area contributed by atoms with Crippen LogP contribution in [-0.4, -0.2) is 63.1 Å². The molecule has 0 saturated carbocycles. The molecule has 0 aliphatic rings. The molecule has 0 atom stereocenters. The van der Waals surface area contributed by atoms with Gasteiger partial charge in [0.1, 0.15) is 0 Å². The van der Waals surface area contributed by atoms with Crippen molar-refractivity contribution in [3.05, 3.63) is 0 Å². The maximum absolute atomic E-state index is 4.27. The molecule has 0 spiro atoms. The summed E-state index contributed by atoms with van der Waals surface area (Å²) in [5, 5.41) is 0. The van der Waals surface area contributed by atoms with Crippen molar-refractivity contribution in [2.75, 3.05) is 0 Å². The summed E-state index contributed by atoms with van der Waals surface area (Å²) in [7, 11) is 8.54. The average Bonchev–Trinajstić information content (AvgIpc) is 0.918. The number of hydrogen-bond acceptors (Lipinski definition) is 2. The molecule has 0 bridgehead atoms. The normalized spacial score (nSPS) is 3.00. The van der Waals surface area contributed by atoms with E-state index < -0.39 is 0 Å². The fourth-order valence-electron chi connectivity index (χ4n) is 0. The fourth-order valence-corrected chi connectivity index (χ4v) is 0. The molecule has 0 rings (SSSR count). The Labute approximate surface area is 82.0 Å². The third kappa shape index (κ3) is 8.82. The van der Waals surface area contributed by atoms with E-state index in [1.807, 2.05) is 0 Å². The minimum Gasteiger partial charge on any atom is 0 e. The van der Waals surface area contributed by atoms with Crippen molar-refractivity contribution in [2.24, 2.45) is 0 Å². The van der Waals surface area contributed by atoms with Gasteiger partial charge < -0.3 is 0 Å². The summed E-state index contributed by atoms with van der Waals surface area (Å²) in [4.78, 5) is 0. The molecule has 0 amide bonds. The molecule has 4 heavy (non-hydrogen) atoms. The minimum atomic E-state index is 0. The van der Waals surface area contributed by atoms with Gasteiger partial charge >= 0.3 is 32.8 Å². The molecule has 1 radical (unpaired) electrons. The average molecular weight is 182 g/mol. The van der Waals surface area contributed by atoms with Crippen LogP contribution in [0.2, 0.25) is 0 Å². The van der Waals surface area contributed by atoms with Crippen molar-refractivity contribution in [2.45, 2.75) is 0 Å². The maximum Gasteiger partial charge on any atom is 0 e. The van der Waals surface area contributed by atoms with Crippen LogP contribution in [0, 0.1) is 0 Å². The van der Waals surface area contributed by atoms with Gasteiger partial charge in [-0.1, -0.05) is 0 Å². The van der Waals surface area contributed by atoms with Gasteiger partial charge in [0, 0.05) is 51.4 Å². The van der Waals surface area contributed by atoms with Gasteiger partial charge in [-0.2, -0.15) is 0 Å². The van der Waals surface area contributed by atoms with Gasteiger partial charge in [0.15, 0.2) is 0 Å². The number of hydrogen-bond donors (Lipinski definition) is 0.